The number of carbonyl (C=O) groups is 2. The van der Waals surface area contributed by atoms with E-state index in [0.29, 0.717) is 6.29 Å². The molecule has 0 saturated heterocycles. The fraction of sp³-hybridized carbons (Fsp3) is 0.818. The molecule has 0 saturated carbocycles. The van der Waals surface area contributed by atoms with Crippen LogP contribution in [0.5, 0.6) is 0 Å². The van der Waals surface area contributed by atoms with Gasteiger partial charge in [-0.25, -0.2) is 0 Å². The van der Waals surface area contributed by atoms with Crippen molar-refractivity contribution < 1.29 is 50.4 Å². The molecule has 8 N–H and O–H groups in total. The van der Waals surface area contributed by atoms with Crippen molar-refractivity contribution in [3.8, 4) is 0 Å². The molecular weight excluding hydrogens is 292 g/mol. The highest BCUT2D eigenvalue weighted by atomic mass is 16.4. The lowest BCUT2D eigenvalue weighted by molar-refractivity contribution is -0.136. The molecule has 0 aromatic heterocycles. The van der Waals surface area contributed by atoms with Crippen LogP contribution in [0.4, 0.5) is 0 Å². The predicted octanol–water partition coefficient (Wildman–Crippen LogP) is -5.09. The first-order valence-corrected chi connectivity index (χ1v) is 5.95. The summed E-state index contributed by atoms with van der Waals surface area (Å²) in [7, 11) is 0. The quantitative estimate of drug-likeness (QED) is 0.191. The average molecular weight is 314 g/mol. The molecule has 10 heteroatoms. The Balaban J connectivity index is 0. The summed E-state index contributed by atoms with van der Waals surface area (Å²) < 4.78 is 0. The van der Waals surface area contributed by atoms with Crippen LogP contribution in [0, 0.1) is 0 Å². The van der Waals surface area contributed by atoms with Crippen LogP contribution in [0.3, 0.4) is 0 Å². The summed E-state index contributed by atoms with van der Waals surface area (Å²) in [5, 5.41) is 69.0. The van der Waals surface area contributed by atoms with Gasteiger partial charge < -0.3 is 50.4 Å². The van der Waals surface area contributed by atoms with Gasteiger partial charge in [0.15, 0.2) is 6.29 Å². The van der Waals surface area contributed by atoms with Crippen molar-refractivity contribution in [1.82, 2.24) is 0 Å². The molecule has 0 rings (SSSR count). The Labute approximate surface area is 120 Å². The van der Waals surface area contributed by atoms with Crippen molar-refractivity contribution in [2.24, 2.45) is 0 Å². The van der Waals surface area contributed by atoms with E-state index >= 15 is 0 Å². The Morgan fingerprint density at radius 3 is 1.52 bits per heavy atom. The number of aliphatic hydroxyl groups is 8. The van der Waals surface area contributed by atoms with Gasteiger partial charge in [0.25, 0.3) is 0 Å². The Hall–Kier alpha value is -0.980. The largest absolute Gasteiger partial charge is 0.394 e. The predicted molar refractivity (Wildman–Crippen MR) is 67.0 cm³/mol. The first-order valence-electron chi connectivity index (χ1n) is 5.95. The fourth-order valence-corrected chi connectivity index (χ4v) is 0.995. The van der Waals surface area contributed by atoms with Gasteiger partial charge in [-0.3, -0.25) is 0 Å². The highest BCUT2D eigenvalue weighted by molar-refractivity contribution is 5.56. The standard InChI is InChI=1S/C6H12O6.C5H10O4/c7-1-3(9)5(11)6(12)4(10)2-8;6-2-1-4(8)5(9)3-7/h1,3-6,8-12H,2H2;2,4-5,7-9H,1,3H2/t3-,4+,5-,6-;4-,5+/m00/s1. The third kappa shape index (κ3) is 9.55. The highest BCUT2D eigenvalue weighted by Gasteiger charge is 2.29. The third-order valence-corrected chi connectivity index (χ3v) is 2.39. The molecular formula is C11H22O10. The zero-order valence-corrected chi connectivity index (χ0v) is 11.1. The molecule has 0 unspecified atom stereocenters. The molecule has 21 heavy (non-hydrogen) atoms. The minimum Gasteiger partial charge on any atom is -0.394 e. The molecule has 0 radical (unpaired) electrons. The molecule has 0 aliphatic heterocycles. The van der Waals surface area contributed by atoms with Crippen molar-refractivity contribution in [2.75, 3.05) is 13.2 Å². The van der Waals surface area contributed by atoms with E-state index in [2.05, 4.69) is 0 Å². The molecule has 0 spiro atoms. The van der Waals surface area contributed by atoms with E-state index in [1.807, 2.05) is 0 Å². The molecule has 0 aliphatic rings. The Bertz CT molecular complexity index is 274. The molecule has 6 atom stereocenters. The second-order valence-corrected chi connectivity index (χ2v) is 4.08. The van der Waals surface area contributed by atoms with Crippen LogP contribution >= 0.6 is 0 Å². The number of aldehydes is 2. The van der Waals surface area contributed by atoms with E-state index in [1.165, 1.54) is 0 Å². The number of hydrogen-bond acceptors (Lipinski definition) is 10. The SMILES string of the molecule is O=CC[C@H](O)[C@H](O)CO.O=C[C@H](O)[C@H](O)[C@@H](O)[C@H](O)CO. The Kier molecular flexibility index (Phi) is 13.5. The normalized spacial score (nSPS) is 19.2. The van der Waals surface area contributed by atoms with Gasteiger partial charge in [-0.1, -0.05) is 0 Å². The maximum Gasteiger partial charge on any atom is 0.151 e. The second-order valence-electron chi connectivity index (χ2n) is 4.08. The van der Waals surface area contributed by atoms with Gasteiger partial charge in [-0.2, -0.15) is 0 Å². The molecule has 0 fully saturated rings. The first-order chi connectivity index (χ1) is 9.76. The van der Waals surface area contributed by atoms with Crippen LogP contribution < -0.4 is 0 Å². The van der Waals surface area contributed by atoms with Gasteiger partial charge in [0.05, 0.1) is 19.3 Å². The van der Waals surface area contributed by atoms with Crippen molar-refractivity contribution in [2.45, 2.75) is 43.0 Å². The van der Waals surface area contributed by atoms with Crippen LogP contribution in [-0.2, 0) is 9.59 Å². The molecule has 0 aliphatic carbocycles. The van der Waals surface area contributed by atoms with E-state index in [-0.39, 0.29) is 12.7 Å². The van der Waals surface area contributed by atoms with Gasteiger partial charge >= 0.3 is 0 Å². The van der Waals surface area contributed by atoms with Crippen LogP contribution in [0.2, 0.25) is 0 Å². The van der Waals surface area contributed by atoms with E-state index in [0.717, 1.165) is 0 Å². The second kappa shape index (κ2) is 12.7. The van der Waals surface area contributed by atoms with Gasteiger partial charge in [-0.15, -0.1) is 0 Å². The maximum absolute atomic E-state index is 9.90. The summed E-state index contributed by atoms with van der Waals surface area (Å²) in [6.45, 7) is -1.28. The minimum atomic E-state index is -1.79. The topological polar surface area (TPSA) is 196 Å². The van der Waals surface area contributed by atoms with Crippen molar-refractivity contribution in [3.63, 3.8) is 0 Å². The lowest BCUT2D eigenvalue weighted by atomic mass is 10.0. The van der Waals surface area contributed by atoms with Crippen molar-refractivity contribution in [3.05, 3.63) is 0 Å². The lowest BCUT2D eigenvalue weighted by Gasteiger charge is -2.22. The van der Waals surface area contributed by atoms with E-state index < -0.39 is 49.8 Å². The van der Waals surface area contributed by atoms with Crippen molar-refractivity contribution >= 4 is 12.6 Å². The van der Waals surface area contributed by atoms with Gasteiger partial charge in [0.2, 0.25) is 0 Å². The molecule has 0 aromatic rings. The minimum absolute atomic E-state index is 0.0258. The molecule has 0 amide bonds. The number of hydrogen-bond donors (Lipinski definition) is 8. The third-order valence-electron chi connectivity index (χ3n) is 2.39. The maximum atomic E-state index is 9.90. The van der Waals surface area contributed by atoms with Crippen LogP contribution in [0.1, 0.15) is 6.42 Å². The lowest BCUT2D eigenvalue weighted by Crippen LogP contribution is -2.46. The average Bonchev–Trinajstić information content (AvgIpc) is 2.51. The van der Waals surface area contributed by atoms with Crippen molar-refractivity contribution in [1.29, 1.82) is 0 Å². The zero-order chi connectivity index (χ0) is 17.0. The number of rotatable bonds is 9. The van der Waals surface area contributed by atoms with Crippen LogP contribution in [0.15, 0.2) is 0 Å². The smallest absolute Gasteiger partial charge is 0.151 e. The summed E-state index contributed by atoms with van der Waals surface area (Å²) in [4.78, 5) is 19.6. The monoisotopic (exact) mass is 314 g/mol. The summed E-state index contributed by atoms with van der Waals surface area (Å²) in [6.07, 6.45) is -8.82. The van der Waals surface area contributed by atoms with Crippen LogP contribution in [-0.4, -0.2) is 103 Å². The molecule has 0 aromatic carbocycles. The summed E-state index contributed by atoms with van der Waals surface area (Å²) in [5.41, 5.74) is 0. The zero-order valence-electron chi connectivity index (χ0n) is 11.1. The van der Waals surface area contributed by atoms with E-state index in [1.54, 1.807) is 0 Å². The van der Waals surface area contributed by atoms with E-state index in [9.17, 15) is 9.59 Å². The summed E-state index contributed by atoms with van der Waals surface area (Å²) in [5.74, 6) is 0. The first kappa shape index (κ1) is 22.3. The summed E-state index contributed by atoms with van der Waals surface area (Å²) >= 11 is 0. The summed E-state index contributed by atoms with van der Waals surface area (Å²) in [6, 6.07) is 0. The highest BCUT2D eigenvalue weighted by Crippen LogP contribution is 2.02. The number of carbonyl (C=O) groups excluding carboxylic acids is 2. The van der Waals surface area contributed by atoms with Gasteiger partial charge in [0.1, 0.15) is 36.8 Å². The van der Waals surface area contributed by atoms with Crippen LogP contribution in [0.25, 0.3) is 0 Å². The Morgan fingerprint density at radius 1 is 0.714 bits per heavy atom. The molecule has 10 nitrogen and oxygen atoms in total. The molecule has 126 valence electrons. The van der Waals surface area contributed by atoms with Gasteiger partial charge in [0, 0.05) is 6.42 Å². The molecule has 0 bridgehead atoms. The van der Waals surface area contributed by atoms with Gasteiger partial charge in [-0.05, 0) is 0 Å². The number of aliphatic hydroxyl groups excluding tert-OH is 8. The molecule has 0 heterocycles. The fourth-order valence-electron chi connectivity index (χ4n) is 0.995. The van der Waals surface area contributed by atoms with E-state index in [4.69, 9.17) is 40.9 Å². The Morgan fingerprint density at radius 2 is 1.19 bits per heavy atom.